The second kappa shape index (κ2) is 4.97. The van der Waals surface area contributed by atoms with Crippen LogP contribution in [0.5, 0.6) is 0 Å². The number of rotatable bonds is 2. The molecule has 0 aromatic carbocycles. The Kier molecular flexibility index (Phi) is 4.50. The molecule has 0 unspecified atom stereocenters. The van der Waals surface area contributed by atoms with Crippen molar-refractivity contribution in [2.45, 2.75) is 11.8 Å². The van der Waals surface area contributed by atoms with Gasteiger partial charge in [0.1, 0.15) is 5.69 Å². The Morgan fingerprint density at radius 2 is 2.15 bits per heavy atom. The molecule has 0 radical (unpaired) electrons. The Morgan fingerprint density at radius 1 is 1.54 bits per heavy atom. The molecular formula is C7H4Br2F2IN. The number of hydrogen-bond acceptors (Lipinski definition) is 1. The molecule has 13 heavy (non-hydrogen) atoms. The summed E-state index contributed by atoms with van der Waals surface area (Å²) >= 11 is 8.22. The monoisotopic (exact) mass is 425 g/mol. The van der Waals surface area contributed by atoms with Crippen LogP contribution in [-0.4, -0.2) is 4.98 Å². The highest BCUT2D eigenvalue weighted by molar-refractivity contribution is 14.1. The van der Waals surface area contributed by atoms with Gasteiger partial charge in [-0.1, -0.05) is 15.9 Å². The molecule has 1 nitrogen and oxygen atoms in total. The van der Waals surface area contributed by atoms with E-state index in [0.29, 0.717) is 19.1 Å². The van der Waals surface area contributed by atoms with Gasteiger partial charge in [-0.25, -0.2) is 13.8 Å². The molecule has 0 bridgehead atoms. The lowest BCUT2D eigenvalue weighted by atomic mass is 10.3. The maximum Gasteiger partial charge on any atom is 0.281 e. The van der Waals surface area contributed by atoms with Crippen molar-refractivity contribution in [3.05, 3.63) is 25.5 Å². The number of hydrogen-bond donors (Lipinski definition) is 0. The summed E-state index contributed by atoms with van der Waals surface area (Å²) in [5.74, 6) is 0. The minimum atomic E-state index is -2.53. The van der Waals surface area contributed by atoms with Gasteiger partial charge in [0, 0.05) is 9.80 Å². The average molecular weight is 427 g/mol. The van der Waals surface area contributed by atoms with Crippen molar-refractivity contribution < 1.29 is 8.78 Å². The number of pyridine rings is 1. The van der Waals surface area contributed by atoms with Crippen molar-refractivity contribution in [2.24, 2.45) is 0 Å². The molecular weight excluding hydrogens is 423 g/mol. The van der Waals surface area contributed by atoms with Crippen molar-refractivity contribution in [1.29, 1.82) is 0 Å². The molecule has 0 saturated carbocycles. The minimum absolute atomic E-state index is 0.163. The molecule has 72 valence electrons. The fourth-order valence-corrected chi connectivity index (χ4v) is 2.05. The third-order valence-corrected chi connectivity index (χ3v) is 4.41. The number of halogens is 5. The first-order valence-corrected chi connectivity index (χ1v) is 6.24. The average Bonchev–Trinajstić information content (AvgIpc) is 2.09. The standard InChI is InChI=1S/C7H4Br2F2IN/c8-2-3-1-4(9)5(12)6(13-3)7(10)11/h1,7H,2H2. The van der Waals surface area contributed by atoms with Gasteiger partial charge in [-0.15, -0.1) is 0 Å². The maximum atomic E-state index is 12.4. The molecule has 0 saturated heterocycles. The van der Waals surface area contributed by atoms with Gasteiger partial charge in [0.2, 0.25) is 0 Å². The van der Waals surface area contributed by atoms with Gasteiger partial charge in [-0.2, -0.15) is 0 Å². The smallest absolute Gasteiger partial charge is 0.250 e. The SMILES string of the molecule is FC(F)c1nc(CBr)cc(Br)c1I. The molecule has 0 fully saturated rings. The van der Waals surface area contributed by atoms with Gasteiger partial charge in [-0.05, 0) is 44.6 Å². The summed E-state index contributed by atoms with van der Waals surface area (Å²) in [6.07, 6.45) is -2.53. The van der Waals surface area contributed by atoms with E-state index in [4.69, 9.17) is 0 Å². The van der Waals surface area contributed by atoms with Crippen molar-refractivity contribution in [1.82, 2.24) is 4.98 Å². The first-order valence-electron chi connectivity index (χ1n) is 3.25. The van der Waals surface area contributed by atoms with Crippen molar-refractivity contribution in [3.63, 3.8) is 0 Å². The third kappa shape index (κ3) is 2.82. The highest BCUT2D eigenvalue weighted by Crippen LogP contribution is 2.29. The van der Waals surface area contributed by atoms with E-state index in [9.17, 15) is 8.78 Å². The molecule has 0 spiro atoms. The maximum absolute atomic E-state index is 12.4. The fourth-order valence-electron chi connectivity index (χ4n) is 0.781. The third-order valence-electron chi connectivity index (χ3n) is 1.34. The molecule has 0 aliphatic heterocycles. The predicted molar refractivity (Wildman–Crippen MR) is 62.2 cm³/mol. The van der Waals surface area contributed by atoms with Gasteiger partial charge in [0.15, 0.2) is 0 Å². The first-order chi connectivity index (χ1) is 6.06. The molecule has 0 aliphatic carbocycles. The summed E-state index contributed by atoms with van der Waals surface area (Å²) in [7, 11) is 0. The number of nitrogens with zero attached hydrogens (tertiary/aromatic N) is 1. The summed E-state index contributed by atoms with van der Waals surface area (Å²) in [4.78, 5) is 3.82. The minimum Gasteiger partial charge on any atom is -0.250 e. The molecule has 1 heterocycles. The summed E-state index contributed by atoms with van der Waals surface area (Å²) in [5, 5.41) is 0.474. The van der Waals surface area contributed by atoms with Crippen molar-refractivity contribution >= 4 is 54.5 Å². The molecule has 0 atom stereocenters. The molecule has 6 heteroatoms. The van der Waals surface area contributed by atoms with Gasteiger partial charge >= 0.3 is 0 Å². The van der Waals surface area contributed by atoms with E-state index in [1.54, 1.807) is 6.07 Å². The highest BCUT2D eigenvalue weighted by atomic mass is 127. The second-order valence-corrected chi connectivity index (χ2v) is 4.72. The van der Waals surface area contributed by atoms with Crippen LogP contribution in [0.1, 0.15) is 17.8 Å². The lowest BCUT2D eigenvalue weighted by Crippen LogP contribution is -1.99. The van der Waals surface area contributed by atoms with Crippen LogP contribution in [0.15, 0.2) is 10.5 Å². The Morgan fingerprint density at radius 3 is 2.62 bits per heavy atom. The van der Waals surface area contributed by atoms with E-state index in [2.05, 4.69) is 36.8 Å². The predicted octanol–water partition coefficient (Wildman–Crippen LogP) is 4.28. The van der Waals surface area contributed by atoms with Crippen LogP contribution in [0, 0.1) is 3.57 Å². The summed E-state index contributed by atoms with van der Waals surface area (Å²) in [5.41, 5.74) is 0.437. The second-order valence-electron chi connectivity index (χ2n) is 2.23. The largest absolute Gasteiger partial charge is 0.281 e. The van der Waals surface area contributed by atoms with E-state index in [-0.39, 0.29) is 5.69 Å². The van der Waals surface area contributed by atoms with E-state index >= 15 is 0 Å². The molecule has 1 aromatic heterocycles. The first kappa shape index (κ1) is 11.8. The van der Waals surface area contributed by atoms with E-state index in [0.717, 1.165) is 0 Å². The number of alkyl halides is 3. The fraction of sp³-hybridized carbons (Fsp3) is 0.286. The molecule has 1 rings (SSSR count). The summed E-state index contributed by atoms with van der Waals surface area (Å²) in [6.45, 7) is 0. The van der Waals surface area contributed by atoms with Gasteiger partial charge in [0.25, 0.3) is 6.43 Å². The van der Waals surface area contributed by atoms with Gasteiger partial charge in [-0.3, -0.25) is 0 Å². The Labute approximate surface area is 105 Å². The normalized spacial score (nSPS) is 10.9. The van der Waals surface area contributed by atoms with E-state index in [1.165, 1.54) is 0 Å². The topological polar surface area (TPSA) is 12.9 Å². The Hall–Kier alpha value is 0.700. The van der Waals surface area contributed by atoms with Gasteiger partial charge < -0.3 is 0 Å². The van der Waals surface area contributed by atoms with Gasteiger partial charge in [0.05, 0.1) is 9.26 Å². The Balaban J connectivity index is 3.25. The molecule has 1 aromatic rings. The van der Waals surface area contributed by atoms with E-state index < -0.39 is 6.43 Å². The Bertz CT molecular complexity index is 320. The molecule has 0 aliphatic rings. The van der Waals surface area contributed by atoms with Crippen LogP contribution in [0.3, 0.4) is 0 Å². The zero-order valence-electron chi connectivity index (χ0n) is 6.20. The van der Waals surface area contributed by atoms with Crippen LogP contribution in [0.4, 0.5) is 8.78 Å². The van der Waals surface area contributed by atoms with Crippen molar-refractivity contribution in [2.75, 3.05) is 0 Å². The van der Waals surface area contributed by atoms with Crippen LogP contribution in [-0.2, 0) is 5.33 Å². The van der Waals surface area contributed by atoms with E-state index in [1.807, 2.05) is 22.6 Å². The van der Waals surface area contributed by atoms with Crippen molar-refractivity contribution in [3.8, 4) is 0 Å². The quantitative estimate of drug-likeness (QED) is 0.508. The zero-order chi connectivity index (χ0) is 10.0. The summed E-state index contributed by atoms with van der Waals surface area (Å²) in [6, 6.07) is 1.72. The summed E-state index contributed by atoms with van der Waals surface area (Å²) < 4.78 is 26.0. The number of aromatic nitrogens is 1. The zero-order valence-corrected chi connectivity index (χ0v) is 11.5. The lowest BCUT2D eigenvalue weighted by molar-refractivity contribution is 0.144. The lowest BCUT2D eigenvalue weighted by Gasteiger charge is -2.06. The van der Waals surface area contributed by atoms with Crippen LogP contribution < -0.4 is 0 Å². The molecule has 0 N–H and O–H groups in total. The molecule has 0 amide bonds. The highest BCUT2D eigenvalue weighted by Gasteiger charge is 2.16. The van der Waals surface area contributed by atoms with Crippen LogP contribution in [0.2, 0.25) is 0 Å². The van der Waals surface area contributed by atoms with Crippen LogP contribution in [0.25, 0.3) is 0 Å². The van der Waals surface area contributed by atoms with Crippen LogP contribution >= 0.6 is 54.5 Å².